The Bertz CT molecular complexity index is 213. The lowest BCUT2D eigenvalue weighted by molar-refractivity contribution is -0.122. The number of carbonyl (C=O) groups excluding carboxylic acids is 1. The first kappa shape index (κ1) is 13.3. The van der Waals surface area contributed by atoms with E-state index in [9.17, 15) is 4.79 Å². The molecule has 3 N–H and O–H groups in total. The van der Waals surface area contributed by atoms with E-state index in [1.165, 1.54) is 0 Å². The number of terminal acetylenes is 1. The topological polar surface area (TPSA) is 55.1 Å². The van der Waals surface area contributed by atoms with E-state index in [1.54, 1.807) is 11.8 Å². The van der Waals surface area contributed by atoms with Gasteiger partial charge in [0.05, 0.1) is 6.04 Å². The predicted molar refractivity (Wildman–Crippen MR) is 62.0 cm³/mol. The Labute approximate surface area is 90.2 Å². The van der Waals surface area contributed by atoms with Crippen molar-refractivity contribution in [2.45, 2.75) is 31.8 Å². The Hall–Kier alpha value is -0.660. The normalized spacial score (nSPS) is 14.1. The average Bonchev–Trinajstić information content (AvgIpc) is 2.14. The summed E-state index contributed by atoms with van der Waals surface area (Å²) in [6.07, 6.45) is 8.36. The van der Waals surface area contributed by atoms with Gasteiger partial charge >= 0.3 is 0 Å². The second-order valence-electron chi connectivity index (χ2n) is 3.21. The third-order valence-electron chi connectivity index (χ3n) is 1.78. The van der Waals surface area contributed by atoms with Gasteiger partial charge in [0, 0.05) is 12.5 Å². The van der Waals surface area contributed by atoms with Crippen molar-refractivity contribution >= 4 is 17.7 Å². The molecule has 4 heteroatoms. The molecule has 0 saturated heterocycles. The van der Waals surface area contributed by atoms with Crippen LogP contribution in [0.5, 0.6) is 0 Å². The van der Waals surface area contributed by atoms with Crippen LogP contribution in [0.2, 0.25) is 0 Å². The van der Waals surface area contributed by atoms with E-state index in [1.807, 2.05) is 13.2 Å². The van der Waals surface area contributed by atoms with E-state index in [-0.39, 0.29) is 11.9 Å². The highest BCUT2D eigenvalue weighted by molar-refractivity contribution is 7.98. The lowest BCUT2D eigenvalue weighted by atomic mass is 10.2. The molecule has 0 aromatic rings. The van der Waals surface area contributed by atoms with E-state index in [4.69, 9.17) is 12.2 Å². The second kappa shape index (κ2) is 7.72. The molecule has 3 nitrogen and oxygen atoms in total. The van der Waals surface area contributed by atoms with Crippen LogP contribution in [0.15, 0.2) is 0 Å². The average molecular weight is 214 g/mol. The lowest BCUT2D eigenvalue weighted by Crippen LogP contribution is -2.44. The van der Waals surface area contributed by atoms with E-state index in [2.05, 4.69) is 11.2 Å². The molecule has 0 aromatic heterocycles. The highest BCUT2D eigenvalue weighted by Crippen LogP contribution is 1.99. The third-order valence-corrected chi connectivity index (χ3v) is 2.43. The summed E-state index contributed by atoms with van der Waals surface area (Å²) in [5.41, 5.74) is 5.67. The van der Waals surface area contributed by atoms with Gasteiger partial charge in [-0.25, -0.2) is 0 Å². The predicted octanol–water partition coefficient (Wildman–Crippen LogP) is 0.595. The first-order valence-corrected chi connectivity index (χ1v) is 5.99. The molecule has 1 unspecified atom stereocenters. The third kappa shape index (κ3) is 5.90. The molecule has 14 heavy (non-hydrogen) atoms. The fourth-order valence-electron chi connectivity index (χ4n) is 0.954. The second-order valence-corrected chi connectivity index (χ2v) is 4.19. The maximum atomic E-state index is 11.4. The monoisotopic (exact) mass is 214 g/mol. The van der Waals surface area contributed by atoms with E-state index >= 15 is 0 Å². The zero-order chi connectivity index (χ0) is 11.0. The highest BCUT2D eigenvalue weighted by Gasteiger charge is 2.14. The fraction of sp³-hybridized carbons (Fsp3) is 0.700. The molecule has 2 atom stereocenters. The largest absolute Gasteiger partial charge is 0.351 e. The number of hydrogen-bond acceptors (Lipinski definition) is 3. The first-order chi connectivity index (χ1) is 6.61. The minimum absolute atomic E-state index is 0.00725. The van der Waals surface area contributed by atoms with E-state index < -0.39 is 6.04 Å². The van der Waals surface area contributed by atoms with Crippen molar-refractivity contribution in [3.05, 3.63) is 0 Å². The Kier molecular flexibility index (Phi) is 7.35. The van der Waals surface area contributed by atoms with Crippen molar-refractivity contribution in [1.82, 2.24) is 5.32 Å². The quantitative estimate of drug-likeness (QED) is 0.636. The van der Waals surface area contributed by atoms with Gasteiger partial charge < -0.3 is 11.1 Å². The van der Waals surface area contributed by atoms with E-state index in [0.29, 0.717) is 12.8 Å². The van der Waals surface area contributed by atoms with Crippen molar-refractivity contribution in [2.24, 2.45) is 5.73 Å². The van der Waals surface area contributed by atoms with Gasteiger partial charge in [-0.05, 0) is 25.4 Å². The van der Waals surface area contributed by atoms with Crippen molar-refractivity contribution in [2.75, 3.05) is 12.0 Å². The molecule has 0 aliphatic heterocycles. The van der Waals surface area contributed by atoms with Crippen molar-refractivity contribution in [3.63, 3.8) is 0 Å². The summed E-state index contributed by atoms with van der Waals surface area (Å²) in [7, 11) is 0. The summed E-state index contributed by atoms with van der Waals surface area (Å²) >= 11 is 1.68. The van der Waals surface area contributed by atoms with Crippen molar-refractivity contribution < 1.29 is 4.79 Å². The Morgan fingerprint density at radius 2 is 2.36 bits per heavy atom. The molecule has 0 fully saturated rings. The molecule has 1 amide bonds. The molecule has 0 aromatic carbocycles. The van der Waals surface area contributed by atoms with Gasteiger partial charge in [-0.3, -0.25) is 4.79 Å². The molecule has 0 bridgehead atoms. The molecule has 80 valence electrons. The molecular weight excluding hydrogens is 196 g/mol. The van der Waals surface area contributed by atoms with E-state index in [0.717, 1.165) is 5.75 Å². The summed E-state index contributed by atoms with van der Waals surface area (Å²) in [6.45, 7) is 1.87. The molecule has 0 rings (SSSR count). The Balaban J connectivity index is 3.77. The number of carbonyl (C=O) groups is 1. The Morgan fingerprint density at radius 1 is 1.71 bits per heavy atom. The van der Waals surface area contributed by atoms with Gasteiger partial charge in [0.2, 0.25) is 5.91 Å². The van der Waals surface area contributed by atoms with Crippen LogP contribution in [-0.2, 0) is 4.79 Å². The highest BCUT2D eigenvalue weighted by atomic mass is 32.2. The van der Waals surface area contributed by atoms with Gasteiger partial charge in [0.1, 0.15) is 0 Å². The minimum atomic E-state index is -0.414. The molecular formula is C10H18N2OS. The zero-order valence-electron chi connectivity index (χ0n) is 8.75. The van der Waals surface area contributed by atoms with Gasteiger partial charge in [0.25, 0.3) is 0 Å². The summed E-state index contributed by atoms with van der Waals surface area (Å²) in [4.78, 5) is 11.4. The molecule has 0 aliphatic rings. The summed E-state index contributed by atoms with van der Waals surface area (Å²) in [5.74, 6) is 3.29. The maximum Gasteiger partial charge on any atom is 0.237 e. The van der Waals surface area contributed by atoms with Gasteiger partial charge in [-0.15, -0.1) is 12.3 Å². The minimum Gasteiger partial charge on any atom is -0.351 e. The van der Waals surface area contributed by atoms with Crippen LogP contribution in [0.1, 0.15) is 19.8 Å². The van der Waals surface area contributed by atoms with Gasteiger partial charge in [-0.1, -0.05) is 0 Å². The smallest absolute Gasteiger partial charge is 0.237 e. The number of amides is 1. The van der Waals surface area contributed by atoms with Crippen LogP contribution in [0.3, 0.4) is 0 Å². The molecule has 0 heterocycles. The van der Waals surface area contributed by atoms with Crippen LogP contribution in [0.25, 0.3) is 0 Å². The van der Waals surface area contributed by atoms with Crippen molar-refractivity contribution in [3.8, 4) is 12.3 Å². The first-order valence-electron chi connectivity index (χ1n) is 4.60. The van der Waals surface area contributed by atoms with Crippen LogP contribution < -0.4 is 11.1 Å². The van der Waals surface area contributed by atoms with Crippen LogP contribution in [-0.4, -0.2) is 30.0 Å². The molecule has 0 radical (unpaired) electrons. The maximum absolute atomic E-state index is 11.4. The number of rotatable bonds is 6. The fourth-order valence-corrected chi connectivity index (χ4v) is 1.44. The number of thioether (sulfide) groups is 1. The number of nitrogens with one attached hydrogen (secondary N) is 1. The zero-order valence-corrected chi connectivity index (χ0v) is 9.56. The summed E-state index contributed by atoms with van der Waals surface area (Å²) in [5, 5.41) is 2.77. The van der Waals surface area contributed by atoms with Gasteiger partial charge in [-0.2, -0.15) is 11.8 Å². The summed E-state index contributed by atoms with van der Waals surface area (Å²) in [6, 6.07) is -0.407. The van der Waals surface area contributed by atoms with Crippen molar-refractivity contribution in [1.29, 1.82) is 0 Å². The standard InChI is InChI=1S/C10H18N2OS/c1-4-5-8(2)12-10(13)9(11)6-7-14-3/h1,8-9H,5-7,11H2,2-3H3,(H,12,13)/t8?,9-/m1/s1. The Morgan fingerprint density at radius 3 is 2.86 bits per heavy atom. The number of hydrogen-bond donors (Lipinski definition) is 2. The van der Waals surface area contributed by atoms with Crippen LogP contribution >= 0.6 is 11.8 Å². The lowest BCUT2D eigenvalue weighted by Gasteiger charge is -2.15. The molecule has 0 saturated carbocycles. The van der Waals surface area contributed by atoms with Gasteiger partial charge in [0.15, 0.2) is 0 Å². The molecule has 0 aliphatic carbocycles. The molecule has 0 spiro atoms. The SMILES string of the molecule is C#CCC(C)NC(=O)[C@H](N)CCSC. The summed E-state index contributed by atoms with van der Waals surface area (Å²) < 4.78 is 0. The van der Waals surface area contributed by atoms with Crippen LogP contribution in [0.4, 0.5) is 0 Å². The number of nitrogens with two attached hydrogens (primary N) is 1. The van der Waals surface area contributed by atoms with Crippen LogP contribution in [0, 0.1) is 12.3 Å².